The highest BCUT2D eigenvalue weighted by molar-refractivity contribution is 6.16. The molecule has 2 nitrogen and oxygen atoms in total. The molecule has 254 valence electrons. The number of benzene rings is 9. The van der Waals surface area contributed by atoms with Crippen LogP contribution < -0.4 is 4.90 Å². The largest absolute Gasteiger partial charge is 0.310 e. The molecule has 9 aromatic carbocycles. The Kier molecular flexibility index (Phi) is 7.85. The van der Waals surface area contributed by atoms with Crippen LogP contribution in [0.25, 0.3) is 71.6 Å². The first-order valence-corrected chi connectivity index (χ1v) is 18.5. The highest BCUT2D eigenvalue weighted by atomic mass is 15.1. The molecule has 0 saturated heterocycles. The zero-order valence-electron chi connectivity index (χ0n) is 29.7. The highest BCUT2D eigenvalue weighted by Crippen LogP contribution is 2.44. The third kappa shape index (κ3) is 5.53. The molecule has 54 heavy (non-hydrogen) atoms. The van der Waals surface area contributed by atoms with Gasteiger partial charge in [0.25, 0.3) is 0 Å². The van der Waals surface area contributed by atoms with Crippen LogP contribution in [-0.4, -0.2) is 4.57 Å². The van der Waals surface area contributed by atoms with Gasteiger partial charge in [0.15, 0.2) is 0 Å². The molecular formula is C52H36N2. The average Bonchev–Trinajstić information content (AvgIpc) is 3.59. The lowest BCUT2D eigenvalue weighted by atomic mass is 9.94. The fourth-order valence-corrected chi connectivity index (χ4v) is 8.06. The summed E-state index contributed by atoms with van der Waals surface area (Å²) in [7, 11) is 0. The SMILES string of the molecule is c1ccc(-c2ccc(N(c3ccc4ccccc4c3)c3ccccc3-c3cccc(-c4cccc5c4c4ccccc4n5-c4ccccc4)c3)cc2)cc1. The van der Waals surface area contributed by atoms with Crippen molar-refractivity contribution in [2.24, 2.45) is 0 Å². The van der Waals surface area contributed by atoms with Crippen molar-refractivity contribution in [1.29, 1.82) is 0 Å². The summed E-state index contributed by atoms with van der Waals surface area (Å²) >= 11 is 0. The van der Waals surface area contributed by atoms with Crippen LogP contribution in [0.4, 0.5) is 17.1 Å². The van der Waals surface area contributed by atoms with E-state index in [4.69, 9.17) is 0 Å². The molecule has 0 atom stereocenters. The summed E-state index contributed by atoms with van der Waals surface area (Å²) < 4.78 is 2.39. The van der Waals surface area contributed by atoms with Crippen LogP contribution in [-0.2, 0) is 0 Å². The van der Waals surface area contributed by atoms with Gasteiger partial charge in [-0.1, -0.05) is 158 Å². The van der Waals surface area contributed by atoms with E-state index >= 15 is 0 Å². The maximum atomic E-state index is 2.40. The van der Waals surface area contributed by atoms with Crippen LogP contribution in [0.2, 0.25) is 0 Å². The topological polar surface area (TPSA) is 8.17 Å². The number of anilines is 3. The monoisotopic (exact) mass is 688 g/mol. The molecule has 0 radical (unpaired) electrons. The maximum absolute atomic E-state index is 2.40. The van der Waals surface area contributed by atoms with Gasteiger partial charge in [-0.25, -0.2) is 0 Å². The predicted molar refractivity (Wildman–Crippen MR) is 229 cm³/mol. The van der Waals surface area contributed by atoms with Crippen molar-refractivity contribution < 1.29 is 0 Å². The van der Waals surface area contributed by atoms with Crippen LogP contribution >= 0.6 is 0 Å². The third-order valence-electron chi connectivity index (χ3n) is 10.6. The summed E-state index contributed by atoms with van der Waals surface area (Å²) in [6, 6.07) is 78.9. The fraction of sp³-hybridized carbons (Fsp3) is 0. The minimum atomic E-state index is 1.10. The van der Waals surface area contributed by atoms with Crippen LogP contribution in [0, 0.1) is 0 Å². The molecule has 0 aliphatic carbocycles. The Bertz CT molecular complexity index is 2920. The average molecular weight is 689 g/mol. The van der Waals surface area contributed by atoms with E-state index in [0.29, 0.717) is 0 Å². The molecule has 1 heterocycles. The van der Waals surface area contributed by atoms with Crippen molar-refractivity contribution in [3.8, 4) is 39.1 Å². The molecule has 0 spiro atoms. The van der Waals surface area contributed by atoms with Gasteiger partial charge in [0.1, 0.15) is 0 Å². The van der Waals surface area contributed by atoms with Crippen LogP contribution in [0.3, 0.4) is 0 Å². The maximum Gasteiger partial charge on any atom is 0.0547 e. The van der Waals surface area contributed by atoms with Crippen molar-refractivity contribution >= 4 is 49.6 Å². The van der Waals surface area contributed by atoms with Gasteiger partial charge in [-0.2, -0.15) is 0 Å². The molecule has 0 fully saturated rings. The highest BCUT2D eigenvalue weighted by Gasteiger charge is 2.20. The lowest BCUT2D eigenvalue weighted by molar-refractivity contribution is 1.18. The first kappa shape index (κ1) is 31.6. The van der Waals surface area contributed by atoms with Gasteiger partial charge in [0, 0.05) is 33.4 Å². The zero-order valence-corrected chi connectivity index (χ0v) is 29.7. The van der Waals surface area contributed by atoms with E-state index in [-0.39, 0.29) is 0 Å². The summed E-state index contributed by atoms with van der Waals surface area (Å²) in [4.78, 5) is 2.40. The van der Waals surface area contributed by atoms with E-state index in [1.54, 1.807) is 0 Å². The minimum Gasteiger partial charge on any atom is -0.310 e. The summed E-state index contributed by atoms with van der Waals surface area (Å²) in [6.45, 7) is 0. The molecular weight excluding hydrogens is 653 g/mol. The lowest BCUT2D eigenvalue weighted by Gasteiger charge is -2.28. The van der Waals surface area contributed by atoms with Crippen molar-refractivity contribution in [2.45, 2.75) is 0 Å². The van der Waals surface area contributed by atoms with Gasteiger partial charge in [-0.3, -0.25) is 0 Å². The molecule has 0 aliphatic heterocycles. The molecule has 2 heteroatoms. The number of hydrogen-bond acceptors (Lipinski definition) is 1. The third-order valence-corrected chi connectivity index (χ3v) is 10.6. The molecule has 0 N–H and O–H groups in total. The quantitative estimate of drug-likeness (QED) is 0.162. The normalized spacial score (nSPS) is 11.3. The van der Waals surface area contributed by atoms with Crippen molar-refractivity contribution in [2.75, 3.05) is 4.90 Å². The number of rotatable bonds is 7. The summed E-state index contributed by atoms with van der Waals surface area (Å²) in [6.07, 6.45) is 0. The molecule has 0 amide bonds. The van der Waals surface area contributed by atoms with E-state index in [0.717, 1.165) is 22.7 Å². The van der Waals surface area contributed by atoms with E-state index < -0.39 is 0 Å². The van der Waals surface area contributed by atoms with Crippen molar-refractivity contribution in [1.82, 2.24) is 4.57 Å². The van der Waals surface area contributed by atoms with E-state index in [9.17, 15) is 0 Å². The van der Waals surface area contributed by atoms with Gasteiger partial charge in [-0.15, -0.1) is 0 Å². The molecule has 0 saturated carbocycles. The zero-order chi connectivity index (χ0) is 35.8. The fourth-order valence-electron chi connectivity index (χ4n) is 8.06. The molecule has 0 aliphatic rings. The van der Waals surface area contributed by atoms with E-state index in [1.165, 1.54) is 66.0 Å². The Balaban J connectivity index is 1.14. The Labute approximate surface area is 315 Å². The second kappa shape index (κ2) is 13.4. The predicted octanol–water partition coefficient (Wildman–Crippen LogP) is 14.4. The first-order chi connectivity index (χ1) is 26.8. The Morgan fingerprint density at radius 2 is 0.907 bits per heavy atom. The van der Waals surface area contributed by atoms with Crippen molar-refractivity contribution in [3.63, 3.8) is 0 Å². The molecule has 0 unspecified atom stereocenters. The number of aromatic nitrogens is 1. The standard InChI is InChI=1S/C52H36N2/c1-3-15-37(16-4-1)39-29-32-44(33-30-39)53(45-34-31-38-17-7-8-18-40(38)36-45)49-26-11-9-23-46(49)41-19-13-20-42(35-41)47-25-14-28-51-52(47)48-24-10-12-27-50(48)54(51)43-21-5-2-6-22-43/h1-36H. The summed E-state index contributed by atoms with van der Waals surface area (Å²) in [5, 5.41) is 4.95. The summed E-state index contributed by atoms with van der Waals surface area (Å²) in [5.74, 6) is 0. The Morgan fingerprint density at radius 3 is 1.74 bits per heavy atom. The van der Waals surface area contributed by atoms with Gasteiger partial charge in [-0.05, 0) is 99.3 Å². The number of para-hydroxylation sites is 3. The molecule has 0 bridgehead atoms. The number of fused-ring (bicyclic) bond motifs is 4. The van der Waals surface area contributed by atoms with Crippen LogP contribution in [0.1, 0.15) is 0 Å². The smallest absolute Gasteiger partial charge is 0.0547 e. The number of nitrogens with zero attached hydrogens (tertiary/aromatic N) is 2. The molecule has 10 aromatic rings. The van der Waals surface area contributed by atoms with Crippen LogP contribution in [0.15, 0.2) is 218 Å². The molecule has 10 rings (SSSR count). The first-order valence-electron chi connectivity index (χ1n) is 18.5. The van der Waals surface area contributed by atoms with Crippen LogP contribution in [0.5, 0.6) is 0 Å². The van der Waals surface area contributed by atoms with Gasteiger partial charge >= 0.3 is 0 Å². The summed E-state index contributed by atoms with van der Waals surface area (Å²) in [5.41, 5.74) is 14.1. The Hall–Kier alpha value is -7.16. The second-order valence-corrected chi connectivity index (χ2v) is 13.8. The Morgan fingerprint density at radius 1 is 0.333 bits per heavy atom. The van der Waals surface area contributed by atoms with Gasteiger partial charge in [0.2, 0.25) is 0 Å². The molecule has 1 aromatic heterocycles. The van der Waals surface area contributed by atoms with Gasteiger partial charge < -0.3 is 9.47 Å². The second-order valence-electron chi connectivity index (χ2n) is 13.8. The van der Waals surface area contributed by atoms with Crippen molar-refractivity contribution in [3.05, 3.63) is 218 Å². The van der Waals surface area contributed by atoms with E-state index in [1.807, 2.05) is 0 Å². The lowest BCUT2D eigenvalue weighted by Crippen LogP contribution is -2.11. The van der Waals surface area contributed by atoms with Gasteiger partial charge in [0.05, 0.1) is 16.7 Å². The number of hydrogen-bond donors (Lipinski definition) is 0. The minimum absolute atomic E-state index is 1.10. The van der Waals surface area contributed by atoms with E-state index in [2.05, 4.69) is 228 Å².